The van der Waals surface area contributed by atoms with E-state index in [0.717, 1.165) is 12.2 Å². The Hall–Kier alpha value is 0.200. The Morgan fingerprint density at radius 2 is 2.43 bits per heavy atom. The molecule has 1 aliphatic rings. The van der Waals surface area contributed by atoms with Crippen molar-refractivity contribution in [2.75, 3.05) is 11.5 Å². The lowest BCUT2D eigenvalue weighted by atomic mass is 10.2. The molecular formula is C10H18O2S2. The van der Waals surface area contributed by atoms with Crippen LogP contribution in [0.3, 0.4) is 0 Å². The van der Waals surface area contributed by atoms with Crippen LogP contribution in [0.5, 0.6) is 0 Å². The van der Waals surface area contributed by atoms with Gasteiger partial charge in [0.25, 0.3) is 0 Å². The molecule has 2 nitrogen and oxygen atoms in total. The van der Waals surface area contributed by atoms with Crippen molar-refractivity contribution < 1.29 is 9.32 Å². The molecule has 1 saturated heterocycles. The third-order valence-electron chi connectivity index (χ3n) is 2.41. The zero-order valence-corrected chi connectivity index (χ0v) is 10.4. The summed E-state index contributed by atoms with van der Waals surface area (Å²) < 4.78 is 11.4. The van der Waals surface area contributed by atoms with E-state index < -0.39 is 21.0 Å². The summed E-state index contributed by atoms with van der Waals surface area (Å²) in [6, 6.07) is 0. The van der Waals surface area contributed by atoms with E-state index in [1.807, 2.05) is 26.0 Å². The zero-order chi connectivity index (χ0) is 10.6. The van der Waals surface area contributed by atoms with Gasteiger partial charge >= 0.3 is 0 Å². The number of hydrogen-bond acceptors (Lipinski definition) is 3. The normalized spacial score (nSPS) is 36.1. The maximum absolute atomic E-state index is 12.0. The number of thioether (sulfide) groups is 1. The van der Waals surface area contributed by atoms with Crippen molar-refractivity contribution in [3.8, 4) is 0 Å². The Labute approximate surface area is 92.6 Å². The fraction of sp³-hybridized carbons (Fsp3) is 0.800. The first-order valence-corrected chi connectivity index (χ1v) is 7.32. The summed E-state index contributed by atoms with van der Waals surface area (Å²) in [7, 11) is -0.940. The first-order chi connectivity index (χ1) is 6.67. The molecule has 0 spiro atoms. The van der Waals surface area contributed by atoms with Gasteiger partial charge in [-0.3, -0.25) is 4.21 Å². The Kier molecular flexibility index (Phi) is 4.67. The van der Waals surface area contributed by atoms with Crippen molar-refractivity contribution in [3.05, 3.63) is 12.2 Å². The fourth-order valence-corrected chi connectivity index (χ4v) is 5.54. The van der Waals surface area contributed by atoms with Crippen LogP contribution in [-0.2, 0) is 10.8 Å². The van der Waals surface area contributed by atoms with Crippen molar-refractivity contribution in [2.45, 2.75) is 36.9 Å². The van der Waals surface area contributed by atoms with E-state index >= 15 is 0 Å². The number of aliphatic hydroxyl groups is 1. The summed E-state index contributed by atoms with van der Waals surface area (Å²) in [6.45, 7) is 3.85. The van der Waals surface area contributed by atoms with Gasteiger partial charge in [0.05, 0.1) is 6.10 Å². The average molecular weight is 234 g/mol. The smallest absolute Gasteiger partial charge is 0.135 e. The first kappa shape index (κ1) is 12.3. The highest BCUT2D eigenvalue weighted by molar-refractivity contribution is 8.13. The molecule has 14 heavy (non-hydrogen) atoms. The quantitative estimate of drug-likeness (QED) is 0.758. The van der Waals surface area contributed by atoms with Gasteiger partial charge in [0, 0.05) is 16.6 Å². The second kappa shape index (κ2) is 5.33. The highest BCUT2D eigenvalue weighted by Gasteiger charge is 2.42. The second-order valence-corrected chi connectivity index (χ2v) is 6.80. The van der Waals surface area contributed by atoms with E-state index in [1.54, 1.807) is 11.8 Å². The van der Waals surface area contributed by atoms with Crippen LogP contribution in [0.4, 0.5) is 0 Å². The third-order valence-corrected chi connectivity index (χ3v) is 6.45. The molecule has 1 N–H and O–H groups in total. The van der Waals surface area contributed by atoms with Gasteiger partial charge in [-0.15, -0.1) is 11.8 Å². The van der Waals surface area contributed by atoms with Crippen LogP contribution in [-0.4, -0.2) is 31.0 Å². The monoisotopic (exact) mass is 234 g/mol. The Morgan fingerprint density at radius 1 is 1.71 bits per heavy atom. The molecule has 82 valence electrons. The van der Waals surface area contributed by atoms with Crippen LogP contribution in [0.25, 0.3) is 0 Å². The maximum Gasteiger partial charge on any atom is 0.135 e. The Balaban J connectivity index is 2.94. The molecule has 1 aliphatic heterocycles. The van der Waals surface area contributed by atoms with Gasteiger partial charge in [-0.05, 0) is 25.5 Å². The fourth-order valence-electron chi connectivity index (χ4n) is 1.65. The second-order valence-electron chi connectivity index (χ2n) is 3.40. The molecule has 1 unspecified atom stereocenters. The van der Waals surface area contributed by atoms with E-state index in [9.17, 15) is 9.32 Å². The molecule has 0 aromatic rings. The minimum Gasteiger partial charge on any atom is -0.390 e. The number of hydrogen-bond donors (Lipinski definition) is 1. The van der Waals surface area contributed by atoms with Crippen LogP contribution in [0, 0.1) is 0 Å². The van der Waals surface area contributed by atoms with Crippen LogP contribution in [0.15, 0.2) is 12.2 Å². The van der Waals surface area contributed by atoms with Gasteiger partial charge in [-0.25, -0.2) is 0 Å². The van der Waals surface area contributed by atoms with E-state index in [4.69, 9.17) is 0 Å². The molecule has 0 aromatic carbocycles. The van der Waals surface area contributed by atoms with Crippen molar-refractivity contribution in [1.29, 1.82) is 0 Å². The predicted molar refractivity (Wildman–Crippen MR) is 63.9 cm³/mol. The third kappa shape index (κ3) is 2.23. The summed E-state index contributed by atoms with van der Waals surface area (Å²) in [5, 5.41) is 9.97. The van der Waals surface area contributed by atoms with E-state index in [-0.39, 0.29) is 0 Å². The summed E-state index contributed by atoms with van der Waals surface area (Å²) in [5.74, 6) is 1.71. The highest BCUT2D eigenvalue weighted by atomic mass is 32.2. The topological polar surface area (TPSA) is 37.3 Å². The molecule has 0 aromatic heterocycles. The zero-order valence-electron chi connectivity index (χ0n) is 8.73. The standard InChI is InChI=1S/C10H18O2S2/c1-3-6-10(9(11)4-2)13-7-5-8-14(10)12/h3,6,9,11H,4-5,7-8H2,1-2H3/b6-3+/t9-,10+,14?/m1/s1. The number of allylic oxidation sites excluding steroid dienone is 1. The van der Waals surface area contributed by atoms with Crippen LogP contribution in [0.2, 0.25) is 0 Å². The average Bonchev–Trinajstić information content (AvgIpc) is 2.20. The SMILES string of the molecule is C/C=C/[C@]1([C@H](O)CC)SCCCS1=O. The van der Waals surface area contributed by atoms with Gasteiger partial charge in [0.1, 0.15) is 4.08 Å². The molecule has 3 atom stereocenters. The molecule has 1 fully saturated rings. The molecule has 1 heterocycles. The molecule has 1 rings (SSSR count). The van der Waals surface area contributed by atoms with Crippen LogP contribution in [0.1, 0.15) is 26.7 Å². The van der Waals surface area contributed by atoms with Gasteiger partial charge in [-0.2, -0.15) is 0 Å². The van der Waals surface area contributed by atoms with Crippen LogP contribution >= 0.6 is 11.8 Å². The minimum atomic E-state index is -0.940. The Morgan fingerprint density at radius 3 is 2.93 bits per heavy atom. The molecule has 0 radical (unpaired) electrons. The van der Waals surface area contributed by atoms with Gasteiger partial charge in [-0.1, -0.05) is 19.1 Å². The van der Waals surface area contributed by atoms with Gasteiger partial charge in [0.2, 0.25) is 0 Å². The molecule has 0 amide bonds. The molecule has 0 bridgehead atoms. The lowest BCUT2D eigenvalue weighted by molar-refractivity contribution is 0.168. The van der Waals surface area contributed by atoms with E-state index in [0.29, 0.717) is 12.2 Å². The molecule has 0 aliphatic carbocycles. The van der Waals surface area contributed by atoms with Gasteiger partial charge in [0.15, 0.2) is 0 Å². The summed E-state index contributed by atoms with van der Waals surface area (Å²) >= 11 is 1.64. The predicted octanol–water partition coefficient (Wildman–Crippen LogP) is 1.92. The molecule has 4 heteroatoms. The molecular weight excluding hydrogens is 216 g/mol. The summed E-state index contributed by atoms with van der Waals surface area (Å²) in [5.41, 5.74) is 0. The number of aliphatic hydroxyl groups excluding tert-OH is 1. The van der Waals surface area contributed by atoms with E-state index in [2.05, 4.69) is 0 Å². The van der Waals surface area contributed by atoms with E-state index in [1.165, 1.54) is 0 Å². The summed E-state index contributed by atoms with van der Waals surface area (Å²) in [6.07, 6.45) is 4.97. The van der Waals surface area contributed by atoms with Crippen molar-refractivity contribution in [2.24, 2.45) is 0 Å². The van der Waals surface area contributed by atoms with Crippen molar-refractivity contribution in [3.63, 3.8) is 0 Å². The first-order valence-electron chi connectivity index (χ1n) is 5.01. The lowest BCUT2D eigenvalue weighted by Crippen LogP contribution is -2.44. The highest BCUT2D eigenvalue weighted by Crippen LogP contribution is 2.40. The number of rotatable bonds is 3. The van der Waals surface area contributed by atoms with Crippen molar-refractivity contribution in [1.82, 2.24) is 0 Å². The van der Waals surface area contributed by atoms with Crippen LogP contribution < -0.4 is 0 Å². The lowest BCUT2D eigenvalue weighted by Gasteiger charge is -2.36. The summed E-state index contributed by atoms with van der Waals surface area (Å²) in [4.78, 5) is 0. The Bertz CT molecular complexity index is 240. The maximum atomic E-state index is 12.0. The van der Waals surface area contributed by atoms with Crippen molar-refractivity contribution >= 4 is 22.6 Å². The largest absolute Gasteiger partial charge is 0.390 e. The minimum absolute atomic E-state index is 0.496. The molecule has 0 saturated carbocycles. The van der Waals surface area contributed by atoms with Gasteiger partial charge < -0.3 is 5.11 Å².